The van der Waals surface area contributed by atoms with E-state index in [4.69, 9.17) is 21.7 Å². The number of halogens is 1. The van der Waals surface area contributed by atoms with Crippen molar-refractivity contribution in [1.82, 2.24) is 4.90 Å². The Bertz CT molecular complexity index is 577. The van der Waals surface area contributed by atoms with Gasteiger partial charge in [0.2, 0.25) is 0 Å². The van der Waals surface area contributed by atoms with Crippen LogP contribution in [0.1, 0.15) is 20.3 Å². The highest BCUT2D eigenvalue weighted by Crippen LogP contribution is 2.31. The summed E-state index contributed by atoms with van der Waals surface area (Å²) in [5, 5.41) is 0. The fourth-order valence-corrected chi connectivity index (χ4v) is 2.63. The topological polar surface area (TPSA) is 38.8 Å². The van der Waals surface area contributed by atoms with Gasteiger partial charge in [0, 0.05) is 33.7 Å². The number of ether oxygens (including phenoxy) is 2. The zero-order valence-corrected chi connectivity index (χ0v) is 14.2. The number of esters is 1. The van der Waals surface area contributed by atoms with Crippen LogP contribution >= 0.6 is 28.1 Å². The molecule has 21 heavy (non-hydrogen) atoms. The Morgan fingerprint density at radius 2 is 2.33 bits per heavy atom. The average Bonchev–Trinajstić information content (AvgIpc) is 2.49. The van der Waals surface area contributed by atoms with Gasteiger partial charge in [-0.25, -0.2) is 4.79 Å². The van der Waals surface area contributed by atoms with E-state index in [0.717, 1.165) is 14.9 Å². The molecule has 1 aliphatic carbocycles. The van der Waals surface area contributed by atoms with Crippen LogP contribution in [0.4, 0.5) is 0 Å². The predicted octanol–water partition coefficient (Wildman–Crippen LogP) is 3.56. The number of hydrogen-bond donors (Lipinski definition) is 0. The van der Waals surface area contributed by atoms with Crippen LogP contribution in [0, 0.1) is 0 Å². The highest BCUT2D eigenvalue weighted by Gasteiger charge is 2.24. The number of rotatable bonds is 4. The average molecular weight is 370 g/mol. The van der Waals surface area contributed by atoms with Crippen molar-refractivity contribution in [2.45, 2.75) is 26.3 Å². The summed E-state index contributed by atoms with van der Waals surface area (Å²) in [4.78, 5) is 14.4. The third-order valence-corrected chi connectivity index (χ3v) is 4.14. The molecule has 0 radical (unpaired) electrons. The monoisotopic (exact) mass is 369 g/mol. The van der Waals surface area contributed by atoms with Gasteiger partial charge in [0.05, 0.1) is 6.61 Å². The standard InChI is InChI=1S/C15H16BrNO3S/c1-3-19-15(18)10(2)17-6-7-20-14(9-17)12-8-11(21)4-5-13(12)16/h4-7,9-10H,3,8H2,1-2H3. The molecule has 2 rings (SSSR count). The highest BCUT2D eigenvalue weighted by molar-refractivity contribution is 9.11. The van der Waals surface area contributed by atoms with Crippen LogP contribution in [-0.2, 0) is 14.3 Å². The molecule has 0 saturated carbocycles. The maximum atomic E-state index is 11.8. The molecule has 0 aromatic heterocycles. The minimum absolute atomic E-state index is 0.272. The smallest absolute Gasteiger partial charge is 0.328 e. The van der Waals surface area contributed by atoms with Gasteiger partial charge < -0.3 is 14.4 Å². The first-order valence-electron chi connectivity index (χ1n) is 6.62. The van der Waals surface area contributed by atoms with Crippen LogP contribution < -0.4 is 0 Å². The molecule has 0 saturated heterocycles. The SMILES string of the molecule is CCOC(=O)C(C)N1C=COC(C2=C(Br)C=CC(=S)C2)=C1. The lowest BCUT2D eigenvalue weighted by atomic mass is 10.0. The number of nitrogens with zero attached hydrogens (tertiary/aromatic N) is 1. The fraction of sp³-hybridized carbons (Fsp3) is 0.333. The Kier molecular flexibility index (Phi) is 5.36. The number of hydrogen-bond acceptors (Lipinski definition) is 5. The van der Waals surface area contributed by atoms with Gasteiger partial charge in [-0.05, 0) is 26.0 Å². The first-order chi connectivity index (χ1) is 10.0. The highest BCUT2D eigenvalue weighted by atomic mass is 79.9. The number of allylic oxidation sites excluding steroid dienone is 4. The second kappa shape index (κ2) is 7.04. The molecule has 0 amide bonds. The lowest BCUT2D eigenvalue weighted by Gasteiger charge is -2.27. The summed E-state index contributed by atoms with van der Waals surface area (Å²) in [5.74, 6) is 0.402. The van der Waals surface area contributed by atoms with Crippen LogP contribution in [0.3, 0.4) is 0 Å². The Labute approximate surface area is 137 Å². The van der Waals surface area contributed by atoms with Crippen LogP contribution in [-0.4, -0.2) is 28.4 Å². The van der Waals surface area contributed by atoms with E-state index < -0.39 is 6.04 Å². The van der Waals surface area contributed by atoms with Crippen LogP contribution in [0.25, 0.3) is 0 Å². The number of thiocarbonyl (C=S) groups is 1. The van der Waals surface area contributed by atoms with Gasteiger partial charge in [0.25, 0.3) is 0 Å². The summed E-state index contributed by atoms with van der Waals surface area (Å²) in [6.07, 6.45) is 9.48. The zero-order valence-electron chi connectivity index (χ0n) is 11.8. The first kappa shape index (κ1) is 16.0. The minimum atomic E-state index is -0.412. The Hall–Kier alpha value is -1.40. The second-order valence-corrected chi connectivity index (χ2v) is 5.95. The molecule has 1 unspecified atom stereocenters. The molecule has 4 nitrogen and oxygen atoms in total. The molecule has 6 heteroatoms. The molecule has 112 valence electrons. The fourth-order valence-electron chi connectivity index (χ4n) is 1.95. The lowest BCUT2D eigenvalue weighted by Crippen LogP contribution is -2.34. The first-order valence-corrected chi connectivity index (χ1v) is 7.82. The minimum Gasteiger partial charge on any atom is -0.464 e. The van der Waals surface area contributed by atoms with Crippen molar-refractivity contribution < 1.29 is 14.3 Å². The summed E-state index contributed by atoms with van der Waals surface area (Å²) in [7, 11) is 0. The summed E-state index contributed by atoms with van der Waals surface area (Å²) in [6, 6.07) is -0.412. The molecule has 2 aliphatic rings. The van der Waals surface area contributed by atoms with E-state index in [1.807, 2.05) is 12.2 Å². The van der Waals surface area contributed by atoms with E-state index in [2.05, 4.69) is 15.9 Å². The second-order valence-electron chi connectivity index (χ2n) is 4.57. The molecule has 1 heterocycles. The van der Waals surface area contributed by atoms with Gasteiger partial charge in [-0.3, -0.25) is 0 Å². The molecular formula is C15H16BrNO3S. The maximum absolute atomic E-state index is 11.8. The lowest BCUT2D eigenvalue weighted by molar-refractivity contribution is -0.147. The summed E-state index contributed by atoms with van der Waals surface area (Å²) in [6.45, 7) is 3.94. The number of carbonyl (C=O) groups is 1. The largest absolute Gasteiger partial charge is 0.464 e. The van der Waals surface area contributed by atoms with Crippen molar-refractivity contribution in [2.24, 2.45) is 0 Å². The van der Waals surface area contributed by atoms with E-state index in [-0.39, 0.29) is 5.97 Å². The summed E-state index contributed by atoms with van der Waals surface area (Å²) < 4.78 is 11.5. The molecule has 0 bridgehead atoms. The van der Waals surface area contributed by atoms with E-state index in [0.29, 0.717) is 18.8 Å². The normalized spacial score (nSPS) is 19.3. The van der Waals surface area contributed by atoms with Crippen LogP contribution in [0.5, 0.6) is 0 Å². The van der Waals surface area contributed by atoms with Crippen LogP contribution in [0.2, 0.25) is 0 Å². The van der Waals surface area contributed by atoms with Gasteiger partial charge in [-0.15, -0.1) is 0 Å². The molecule has 0 spiro atoms. The van der Waals surface area contributed by atoms with Crippen molar-refractivity contribution in [3.63, 3.8) is 0 Å². The van der Waals surface area contributed by atoms with Gasteiger partial charge in [0.1, 0.15) is 18.1 Å². The molecule has 0 N–H and O–H groups in total. The van der Waals surface area contributed by atoms with Gasteiger partial charge in [-0.2, -0.15) is 0 Å². The molecule has 0 aromatic rings. The van der Waals surface area contributed by atoms with E-state index >= 15 is 0 Å². The molecular weight excluding hydrogens is 354 g/mol. The van der Waals surface area contributed by atoms with E-state index in [9.17, 15) is 4.79 Å². The Morgan fingerprint density at radius 1 is 1.57 bits per heavy atom. The molecule has 0 fully saturated rings. The maximum Gasteiger partial charge on any atom is 0.328 e. The molecule has 1 atom stereocenters. The van der Waals surface area contributed by atoms with Crippen molar-refractivity contribution in [2.75, 3.05) is 6.61 Å². The Morgan fingerprint density at radius 3 is 3.05 bits per heavy atom. The van der Waals surface area contributed by atoms with E-state index in [1.54, 1.807) is 37.4 Å². The van der Waals surface area contributed by atoms with Crippen molar-refractivity contribution >= 4 is 39.0 Å². The Balaban J connectivity index is 2.20. The third-order valence-electron chi connectivity index (χ3n) is 3.12. The summed E-state index contributed by atoms with van der Waals surface area (Å²) in [5.41, 5.74) is 0.966. The van der Waals surface area contributed by atoms with Crippen molar-refractivity contribution in [3.05, 3.63) is 46.6 Å². The predicted molar refractivity (Wildman–Crippen MR) is 88.6 cm³/mol. The van der Waals surface area contributed by atoms with Gasteiger partial charge >= 0.3 is 5.97 Å². The zero-order chi connectivity index (χ0) is 15.4. The number of carbonyl (C=O) groups excluding carboxylic acids is 1. The van der Waals surface area contributed by atoms with Crippen molar-refractivity contribution in [1.29, 1.82) is 0 Å². The van der Waals surface area contributed by atoms with E-state index in [1.165, 1.54) is 0 Å². The quantitative estimate of drug-likeness (QED) is 0.559. The van der Waals surface area contributed by atoms with Gasteiger partial charge in [-0.1, -0.05) is 28.1 Å². The van der Waals surface area contributed by atoms with Gasteiger partial charge in [0.15, 0.2) is 0 Å². The summed E-state index contributed by atoms with van der Waals surface area (Å²) >= 11 is 8.74. The molecule has 1 aliphatic heterocycles. The van der Waals surface area contributed by atoms with Crippen molar-refractivity contribution in [3.8, 4) is 0 Å². The van der Waals surface area contributed by atoms with Crippen LogP contribution in [0.15, 0.2) is 46.6 Å². The third kappa shape index (κ3) is 3.83. The molecule has 0 aromatic carbocycles.